The van der Waals surface area contributed by atoms with E-state index in [-0.39, 0.29) is 43.6 Å². The Morgan fingerprint density at radius 1 is 0.902 bits per heavy atom. The first kappa shape index (κ1) is 31.8. The van der Waals surface area contributed by atoms with Crippen LogP contribution in [0, 0.1) is 12.7 Å². The SMILES string of the molecule is CCCCNC(=O)C(Cc1ccccc1)N(Cc1ccc(F)cc1)C(=O)CCCN(c1ccccc1C)S(C)(=O)=O. The molecule has 0 aliphatic rings. The van der Waals surface area contributed by atoms with Gasteiger partial charge in [-0.3, -0.25) is 13.9 Å². The molecule has 3 aromatic carbocycles. The molecule has 1 unspecified atom stereocenters. The van der Waals surface area contributed by atoms with Gasteiger partial charge in [0.25, 0.3) is 0 Å². The Morgan fingerprint density at radius 3 is 2.20 bits per heavy atom. The molecule has 3 rings (SSSR count). The van der Waals surface area contributed by atoms with E-state index in [4.69, 9.17) is 0 Å². The summed E-state index contributed by atoms with van der Waals surface area (Å²) >= 11 is 0. The van der Waals surface area contributed by atoms with Crippen molar-refractivity contribution < 1.29 is 22.4 Å². The molecule has 0 aromatic heterocycles. The zero-order chi connectivity index (χ0) is 29.8. The second-order valence-corrected chi connectivity index (χ2v) is 12.1. The van der Waals surface area contributed by atoms with Gasteiger partial charge in [0.1, 0.15) is 11.9 Å². The molecule has 1 atom stereocenters. The average Bonchev–Trinajstić information content (AvgIpc) is 2.94. The smallest absolute Gasteiger partial charge is 0.243 e. The van der Waals surface area contributed by atoms with Gasteiger partial charge in [-0.15, -0.1) is 0 Å². The van der Waals surface area contributed by atoms with Gasteiger partial charge < -0.3 is 10.2 Å². The molecule has 0 heterocycles. The number of benzene rings is 3. The number of nitrogens with one attached hydrogen (secondary N) is 1. The third-order valence-electron chi connectivity index (χ3n) is 6.90. The van der Waals surface area contributed by atoms with Crippen LogP contribution in [0.25, 0.3) is 0 Å². The number of para-hydroxylation sites is 1. The van der Waals surface area contributed by atoms with Gasteiger partial charge in [0.15, 0.2) is 0 Å². The number of hydrogen-bond acceptors (Lipinski definition) is 4. The fraction of sp³-hybridized carbons (Fsp3) is 0.375. The highest BCUT2D eigenvalue weighted by molar-refractivity contribution is 7.92. The van der Waals surface area contributed by atoms with Gasteiger partial charge in [0.2, 0.25) is 21.8 Å². The molecule has 0 aliphatic heterocycles. The largest absolute Gasteiger partial charge is 0.354 e. The van der Waals surface area contributed by atoms with Crippen molar-refractivity contribution in [3.05, 3.63) is 101 Å². The van der Waals surface area contributed by atoms with Crippen LogP contribution in [0.4, 0.5) is 10.1 Å². The van der Waals surface area contributed by atoms with E-state index >= 15 is 0 Å². The summed E-state index contributed by atoms with van der Waals surface area (Å²) < 4.78 is 40.2. The first-order chi connectivity index (χ1) is 19.6. The van der Waals surface area contributed by atoms with Crippen LogP contribution >= 0.6 is 0 Å². The van der Waals surface area contributed by atoms with Crippen LogP contribution in [0.3, 0.4) is 0 Å². The van der Waals surface area contributed by atoms with Crippen LogP contribution in [0.5, 0.6) is 0 Å². The van der Waals surface area contributed by atoms with Gasteiger partial charge in [-0.2, -0.15) is 0 Å². The van der Waals surface area contributed by atoms with E-state index in [1.807, 2.05) is 56.3 Å². The molecular formula is C32H40FN3O4S. The number of aryl methyl sites for hydroxylation is 1. The van der Waals surface area contributed by atoms with Crippen molar-refractivity contribution in [1.82, 2.24) is 10.2 Å². The summed E-state index contributed by atoms with van der Waals surface area (Å²) in [6, 6.07) is 21.8. The lowest BCUT2D eigenvalue weighted by atomic mass is 10.0. The Morgan fingerprint density at radius 2 is 1.56 bits per heavy atom. The molecule has 0 aliphatic carbocycles. The lowest BCUT2D eigenvalue weighted by Gasteiger charge is -2.32. The van der Waals surface area contributed by atoms with Gasteiger partial charge in [-0.05, 0) is 54.7 Å². The minimum Gasteiger partial charge on any atom is -0.354 e. The molecule has 2 amide bonds. The van der Waals surface area contributed by atoms with Crippen molar-refractivity contribution in [2.24, 2.45) is 0 Å². The number of halogens is 1. The number of hydrogen-bond donors (Lipinski definition) is 1. The monoisotopic (exact) mass is 581 g/mol. The molecule has 0 bridgehead atoms. The van der Waals surface area contributed by atoms with Crippen LogP contribution in [-0.2, 0) is 32.6 Å². The number of rotatable bonds is 15. The normalized spacial score (nSPS) is 12.0. The minimum atomic E-state index is -3.59. The lowest BCUT2D eigenvalue weighted by molar-refractivity contribution is -0.141. The fourth-order valence-electron chi connectivity index (χ4n) is 4.67. The maximum Gasteiger partial charge on any atom is 0.243 e. The van der Waals surface area contributed by atoms with E-state index in [0.717, 1.165) is 30.2 Å². The van der Waals surface area contributed by atoms with Gasteiger partial charge in [-0.1, -0.05) is 74.0 Å². The van der Waals surface area contributed by atoms with E-state index in [0.29, 0.717) is 24.2 Å². The highest BCUT2D eigenvalue weighted by Crippen LogP contribution is 2.23. The van der Waals surface area contributed by atoms with Crippen molar-refractivity contribution in [2.45, 2.75) is 58.5 Å². The first-order valence-electron chi connectivity index (χ1n) is 14.0. The quantitative estimate of drug-likeness (QED) is 0.249. The zero-order valence-electron chi connectivity index (χ0n) is 24.1. The van der Waals surface area contributed by atoms with Gasteiger partial charge in [0, 0.05) is 32.5 Å². The zero-order valence-corrected chi connectivity index (χ0v) is 24.9. The molecule has 0 saturated carbocycles. The highest BCUT2D eigenvalue weighted by Gasteiger charge is 2.30. The van der Waals surface area contributed by atoms with Crippen LogP contribution < -0.4 is 9.62 Å². The molecule has 1 N–H and O–H groups in total. The van der Waals surface area contributed by atoms with Crippen LogP contribution in [0.2, 0.25) is 0 Å². The number of carbonyl (C=O) groups excluding carboxylic acids is 2. The standard InChI is InChI=1S/C32H40FN3O4S/c1-4-5-21-34-32(38)30(23-26-13-7-6-8-14-26)35(24-27-17-19-28(33)20-18-27)31(37)16-11-22-36(41(3,39)40)29-15-10-9-12-25(29)2/h6-10,12-15,17-20,30H,4-5,11,16,21-24H2,1-3H3,(H,34,38). The second-order valence-electron chi connectivity index (χ2n) is 10.2. The van der Waals surface area contributed by atoms with Crippen LogP contribution in [0.1, 0.15) is 49.3 Å². The van der Waals surface area contributed by atoms with E-state index in [9.17, 15) is 22.4 Å². The Labute approximate surface area is 243 Å². The van der Waals surface area contributed by atoms with Gasteiger partial charge >= 0.3 is 0 Å². The van der Waals surface area contributed by atoms with E-state index in [1.165, 1.54) is 16.4 Å². The summed E-state index contributed by atoms with van der Waals surface area (Å²) in [4.78, 5) is 28.9. The van der Waals surface area contributed by atoms with E-state index in [2.05, 4.69) is 5.32 Å². The molecule has 9 heteroatoms. The van der Waals surface area contributed by atoms with Crippen molar-refractivity contribution in [3.63, 3.8) is 0 Å². The Kier molecular flexibility index (Phi) is 11.9. The predicted octanol–water partition coefficient (Wildman–Crippen LogP) is 5.24. The fourth-order valence-corrected chi connectivity index (χ4v) is 5.70. The summed E-state index contributed by atoms with van der Waals surface area (Å²) in [5.41, 5.74) is 2.98. The first-order valence-corrected chi connectivity index (χ1v) is 15.8. The molecule has 3 aromatic rings. The number of amides is 2. The highest BCUT2D eigenvalue weighted by atomic mass is 32.2. The Bertz CT molecular complexity index is 1380. The molecular weight excluding hydrogens is 541 g/mol. The third-order valence-corrected chi connectivity index (χ3v) is 8.08. The van der Waals surface area contributed by atoms with Crippen molar-refractivity contribution in [1.29, 1.82) is 0 Å². The molecule has 0 radical (unpaired) electrons. The van der Waals surface area contributed by atoms with E-state index in [1.54, 1.807) is 29.2 Å². The summed E-state index contributed by atoms with van der Waals surface area (Å²) in [6.45, 7) is 4.61. The summed E-state index contributed by atoms with van der Waals surface area (Å²) in [5, 5.41) is 2.98. The molecule has 0 spiro atoms. The number of nitrogens with zero attached hydrogens (tertiary/aromatic N) is 2. The predicted molar refractivity (Wildman–Crippen MR) is 161 cm³/mol. The Hall–Kier alpha value is -3.72. The van der Waals surface area contributed by atoms with Crippen molar-refractivity contribution >= 4 is 27.5 Å². The van der Waals surface area contributed by atoms with Gasteiger partial charge in [-0.25, -0.2) is 12.8 Å². The van der Waals surface area contributed by atoms with Crippen LogP contribution in [-0.4, -0.2) is 50.5 Å². The average molecular weight is 582 g/mol. The Balaban J connectivity index is 1.87. The number of anilines is 1. The number of sulfonamides is 1. The number of unbranched alkanes of at least 4 members (excludes halogenated alkanes) is 1. The maximum atomic E-state index is 13.8. The molecule has 41 heavy (non-hydrogen) atoms. The second kappa shape index (κ2) is 15.3. The lowest BCUT2D eigenvalue weighted by Crippen LogP contribution is -2.50. The molecule has 7 nitrogen and oxygen atoms in total. The van der Waals surface area contributed by atoms with Crippen molar-refractivity contribution in [3.8, 4) is 0 Å². The topological polar surface area (TPSA) is 86.8 Å². The summed E-state index contributed by atoms with van der Waals surface area (Å²) in [6.07, 6.45) is 3.49. The number of carbonyl (C=O) groups is 2. The maximum absolute atomic E-state index is 13.8. The summed E-state index contributed by atoms with van der Waals surface area (Å²) in [7, 11) is -3.59. The van der Waals surface area contributed by atoms with Crippen LogP contribution in [0.15, 0.2) is 78.9 Å². The van der Waals surface area contributed by atoms with Gasteiger partial charge in [0.05, 0.1) is 11.9 Å². The molecule has 0 saturated heterocycles. The minimum absolute atomic E-state index is 0.0344. The molecule has 0 fully saturated rings. The van der Waals surface area contributed by atoms with Crippen molar-refractivity contribution in [2.75, 3.05) is 23.7 Å². The van der Waals surface area contributed by atoms with E-state index < -0.39 is 16.1 Å². The summed E-state index contributed by atoms with van der Waals surface area (Å²) in [5.74, 6) is -0.920. The molecule has 220 valence electrons. The third kappa shape index (κ3) is 9.70.